The molecule has 7 heteroatoms. The Kier molecular flexibility index (Phi) is 7.85. The molecule has 40 heavy (non-hydrogen) atoms. The van der Waals surface area contributed by atoms with Crippen molar-refractivity contribution in [1.29, 1.82) is 0 Å². The van der Waals surface area contributed by atoms with Gasteiger partial charge >= 0.3 is 5.97 Å². The fraction of sp³-hybridized carbons (Fsp3) is 0.424. The number of hydrogen-bond donors (Lipinski definition) is 1. The second-order valence-corrected chi connectivity index (χ2v) is 11.8. The average Bonchev–Trinajstić information content (AvgIpc) is 3.70. The molecule has 2 saturated carbocycles. The zero-order valence-corrected chi connectivity index (χ0v) is 23.1. The Morgan fingerprint density at radius 2 is 1.80 bits per heavy atom. The molecule has 0 amide bonds. The molecule has 0 aromatic heterocycles. The summed E-state index contributed by atoms with van der Waals surface area (Å²) in [5.41, 5.74) is 2.08. The van der Waals surface area contributed by atoms with Crippen LogP contribution in [0, 0.1) is 28.8 Å². The van der Waals surface area contributed by atoms with E-state index in [1.165, 1.54) is 31.4 Å². The summed E-state index contributed by atoms with van der Waals surface area (Å²) in [6, 6.07) is 12.2. The lowest BCUT2D eigenvalue weighted by Crippen LogP contribution is -2.17. The summed E-state index contributed by atoms with van der Waals surface area (Å²) < 4.78 is 57.3. The van der Waals surface area contributed by atoms with Crippen LogP contribution >= 0.6 is 0 Å². The van der Waals surface area contributed by atoms with E-state index in [0.29, 0.717) is 16.9 Å². The third-order valence-electron chi connectivity index (χ3n) is 8.68. The van der Waals surface area contributed by atoms with Gasteiger partial charge in [0.05, 0.1) is 13.5 Å². The van der Waals surface area contributed by atoms with E-state index in [1.54, 1.807) is 24.3 Å². The van der Waals surface area contributed by atoms with Gasteiger partial charge in [0, 0.05) is 17.0 Å². The molecule has 0 saturated heterocycles. The number of carboxylic acid groups (broad SMARTS) is 1. The van der Waals surface area contributed by atoms with E-state index >= 15 is 13.2 Å². The van der Waals surface area contributed by atoms with E-state index in [-0.39, 0.29) is 47.2 Å². The molecule has 2 aliphatic carbocycles. The highest BCUT2D eigenvalue weighted by molar-refractivity contribution is 5.71. The SMILES string of the molecule is COc1ccc(F)c(-c2cc(F)c(COc3cccc([C@@H](CC(=O)O)C4CC4)c3F)cc2[C@@H]2CCCC2(C)C)c1. The molecule has 5 rings (SSSR count). The normalized spacial score (nSPS) is 18.9. The van der Waals surface area contributed by atoms with Gasteiger partial charge in [0.2, 0.25) is 0 Å². The molecule has 2 fully saturated rings. The Morgan fingerprint density at radius 1 is 1.02 bits per heavy atom. The fourth-order valence-corrected chi connectivity index (χ4v) is 6.31. The Balaban J connectivity index is 1.50. The lowest BCUT2D eigenvalue weighted by atomic mass is 9.75. The van der Waals surface area contributed by atoms with Crippen molar-refractivity contribution in [3.05, 3.63) is 82.7 Å². The van der Waals surface area contributed by atoms with Crippen molar-refractivity contribution >= 4 is 5.97 Å². The molecule has 2 aliphatic rings. The van der Waals surface area contributed by atoms with Gasteiger partial charge in [0.1, 0.15) is 24.0 Å². The van der Waals surface area contributed by atoms with Crippen LogP contribution in [0.25, 0.3) is 11.1 Å². The molecule has 3 aromatic carbocycles. The average molecular weight is 553 g/mol. The smallest absolute Gasteiger partial charge is 0.303 e. The molecule has 0 unspecified atom stereocenters. The van der Waals surface area contributed by atoms with E-state index in [0.717, 1.165) is 37.7 Å². The molecule has 0 bridgehead atoms. The summed E-state index contributed by atoms with van der Waals surface area (Å²) in [5.74, 6) is -2.40. The predicted molar refractivity (Wildman–Crippen MR) is 147 cm³/mol. The van der Waals surface area contributed by atoms with E-state index in [1.807, 2.05) is 0 Å². The minimum Gasteiger partial charge on any atom is -0.497 e. The topological polar surface area (TPSA) is 55.8 Å². The van der Waals surface area contributed by atoms with Crippen molar-refractivity contribution in [1.82, 2.24) is 0 Å². The molecule has 212 valence electrons. The van der Waals surface area contributed by atoms with Crippen LogP contribution in [0.15, 0.2) is 48.5 Å². The van der Waals surface area contributed by atoms with Crippen molar-refractivity contribution in [2.24, 2.45) is 11.3 Å². The van der Waals surface area contributed by atoms with E-state index < -0.39 is 29.3 Å². The molecule has 0 aliphatic heterocycles. The molecule has 0 spiro atoms. The second-order valence-electron chi connectivity index (χ2n) is 11.8. The maximum absolute atomic E-state index is 15.6. The first-order valence-electron chi connectivity index (χ1n) is 13.9. The van der Waals surface area contributed by atoms with Crippen LogP contribution in [0.5, 0.6) is 11.5 Å². The minimum atomic E-state index is -0.973. The van der Waals surface area contributed by atoms with Crippen LogP contribution in [0.3, 0.4) is 0 Å². The number of hydrogen-bond acceptors (Lipinski definition) is 3. The number of rotatable bonds is 10. The third-order valence-corrected chi connectivity index (χ3v) is 8.68. The summed E-state index contributed by atoms with van der Waals surface area (Å²) in [5, 5.41) is 9.34. The first-order chi connectivity index (χ1) is 19.1. The zero-order chi connectivity index (χ0) is 28.6. The van der Waals surface area contributed by atoms with Gasteiger partial charge in [-0.3, -0.25) is 4.79 Å². The van der Waals surface area contributed by atoms with Crippen molar-refractivity contribution in [2.75, 3.05) is 7.11 Å². The van der Waals surface area contributed by atoms with Crippen LogP contribution in [0.4, 0.5) is 13.2 Å². The fourth-order valence-electron chi connectivity index (χ4n) is 6.31. The van der Waals surface area contributed by atoms with Gasteiger partial charge in [-0.05, 0) is 96.0 Å². The molecule has 2 atom stereocenters. The third kappa shape index (κ3) is 5.70. The van der Waals surface area contributed by atoms with Gasteiger partial charge in [-0.1, -0.05) is 32.4 Å². The van der Waals surface area contributed by atoms with Crippen LogP contribution in [0.2, 0.25) is 0 Å². The van der Waals surface area contributed by atoms with Crippen molar-refractivity contribution in [3.8, 4) is 22.6 Å². The number of carboxylic acids is 1. The Morgan fingerprint density at radius 3 is 2.45 bits per heavy atom. The Labute approximate surface area is 233 Å². The minimum absolute atomic E-state index is 0.0430. The maximum atomic E-state index is 15.6. The van der Waals surface area contributed by atoms with Crippen molar-refractivity contribution in [2.45, 2.75) is 70.8 Å². The highest BCUT2D eigenvalue weighted by Gasteiger charge is 2.38. The Hall–Kier alpha value is -3.48. The van der Waals surface area contributed by atoms with E-state index in [9.17, 15) is 9.90 Å². The number of methoxy groups -OCH3 is 1. The molecule has 1 N–H and O–H groups in total. The molecule has 4 nitrogen and oxygen atoms in total. The van der Waals surface area contributed by atoms with Crippen LogP contribution in [-0.2, 0) is 11.4 Å². The first kappa shape index (κ1) is 28.1. The van der Waals surface area contributed by atoms with E-state index in [2.05, 4.69) is 13.8 Å². The number of halogens is 3. The lowest BCUT2D eigenvalue weighted by Gasteiger charge is -2.30. The van der Waals surface area contributed by atoms with Gasteiger partial charge in [0.25, 0.3) is 0 Å². The van der Waals surface area contributed by atoms with Crippen LogP contribution in [0.1, 0.15) is 80.9 Å². The molecule has 3 aromatic rings. The Bertz CT molecular complexity index is 1410. The second kappa shape index (κ2) is 11.2. The molecular formula is C33H35F3O4. The summed E-state index contributed by atoms with van der Waals surface area (Å²) >= 11 is 0. The summed E-state index contributed by atoms with van der Waals surface area (Å²) in [6.45, 7) is 4.12. The standard InChI is InChI=1S/C33H35F3O4/c1-33(2)13-5-7-27(33)25-14-20(29(35)16-24(25)26-15-21(39-3)11-12-28(26)34)18-40-30-8-4-6-22(32(30)36)23(17-31(37)38)19-9-10-19/h4,6,8,11-12,14-16,19,23,27H,5,7,9-10,13,17-18H2,1-3H3,(H,37,38)/t23-,27-/m0/s1. The predicted octanol–water partition coefficient (Wildman–Crippen LogP) is 8.62. The molecule has 0 heterocycles. The van der Waals surface area contributed by atoms with Crippen molar-refractivity contribution in [3.63, 3.8) is 0 Å². The van der Waals surface area contributed by atoms with Gasteiger partial charge in [-0.2, -0.15) is 0 Å². The van der Waals surface area contributed by atoms with Gasteiger partial charge in [0.15, 0.2) is 11.6 Å². The first-order valence-corrected chi connectivity index (χ1v) is 13.9. The van der Waals surface area contributed by atoms with Gasteiger partial charge in [-0.15, -0.1) is 0 Å². The monoisotopic (exact) mass is 552 g/mol. The largest absolute Gasteiger partial charge is 0.497 e. The number of benzene rings is 3. The van der Waals surface area contributed by atoms with Crippen LogP contribution < -0.4 is 9.47 Å². The lowest BCUT2D eigenvalue weighted by molar-refractivity contribution is -0.137. The quantitative estimate of drug-likeness (QED) is 0.274. The molecule has 0 radical (unpaired) electrons. The van der Waals surface area contributed by atoms with Crippen LogP contribution in [-0.4, -0.2) is 18.2 Å². The highest BCUT2D eigenvalue weighted by Crippen LogP contribution is 2.52. The van der Waals surface area contributed by atoms with Gasteiger partial charge in [-0.25, -0.2) is 13.2 Å². The van der Waals surface area contributed by atoms with Crippen molar-refractivity contribution < 1.29 is 32.5 Å². The highest BCUT2D eigenvalue weighted by atomic mass is 19.1. The van der Waals surface area contributed by atoms with E-state index in [4.69, 9.17) is 9.47 Å². The molecular weight excluding hydrogens is 517 g/mol. The zero-order valence-electron chi connectivity index (χ0n) is 23.1. The summed E-state index contributed by atoms with van der Waals surface area (Å²) in [4.78, 5) is 11.4. The van der Waals surface area contributed by atoms with Gasteiger partial charge < -0.3 is 14.6 Å². The summed E-state index contributed by atoms with van der Waals surface area (Å²) in [6.07, 6.45) is 4.49. The number of ether oxygens (including phenoxy) is 2. The number of aliphatic carboxylic acids is 1. The number of carbonyl (C=O) groups is 1. The maximum Gasteiger partial charge on any atom is 0.303 e. The summed E-state index contributed by atoms with van der Waals surface area (Å²) in [7, 11) is 1.50.